The maximum Gasteiger partial charge on any atom is 0.335 e. The van der Waals surface area contributed by atoms with Crippen molar-refractivity contribution < 1.29 is 18.8 Å². The van der Waals surface area contributed by atoms with Gasteiger partial charge in [-0.15, -0.1) is 0 Å². The molecule has 0 saturated heterocycles. The van der Waals surface area contributed by atoms with Crippen molar-refractivity contribution in [3.8, 4) is 0 Å². The van der Waals surface area contributed by atoms with Crippen LogP contribution in [0, 0.1) is 19.7 Å². The number of aryl methyl sites for hydroxylation is 2. The molecule has 0 aliphatic carbocycles. The smallest absolute Gasteiger partial charge is 0.335 e. The van der Waals surface area contributed by atoms with Gasteiger partial charge in [0, 0.05) is 24.2 Å². The zero-order chi connectivity index (χ0) is 15.6. The Labute approximate surface area is 122 Å². The van der Waals surface area contributed by atoms with Crippen LogP contribution < -0.4 is 0 Å². The number of carboxylic acids is 1. The second-order valence-corrected chi connectivity index (χ2v) is 5.09. The molecule has 2 rings (SSSR count). The van der Waals surface area contributed by atoms with Gasteiger partial charge in [-0.05, 0) is 33.0 Å². The Hall–Kier alpha value is -2.21. The van der Waals surface area contributed by atoms with Crippen molar-refractivity contribution in [3.05, 3.63) is 52.2 Å². The average molecular weight is 292 g/mol. The third kappa shape index (κ3) is 3.46. The molecule has 2 aromatic rings. The van der Waals surface area contributed by atoms with Gasteiger partial charge in [0.1, 0.15) is 11.6 Å². The fraction of sp³-hybridized carbons (Fsp3) is 0.333. The summed E-state index contributed by atoms with van der Waals surface area (Å²) in [5.41, 5.74) is 2.21. The minimum atomic E-state index is -1.13. The van der Waals surface area contributed by atoms with Crippen LogP contribution in [-0.2, 0) is 13.1 Å². The molecule has 0 atom stereocenters. The summed E-state index contributed by atoms with van der Waals surface area (Å²) in [6.45, 7) is 4.66. The molecule has 0 aliphatic heterocycles. The molecule has 0 fully saturated rings. The maximum atomic E-state index is 13.9. The Kier molecular flexibility index (Phi) is 4.37. The molecule has 0 spiro atoms. The maximum absolute atomic E-state index is 13.9. The van der Waals surface area contributed by atoms with Crippen molar-refractivity contribution in [1.29, 1.82) is 0 Å². The molecule has 6 heteroatoms. The van der Waals surface area contributed by atoms with Crippen molar-refractivity contribution in [2.75, 3.05) is 7.05 Å². The summed E-state index contributed by atoms with van der Waals surface area (Å²) < 4.78 is 19.0. The Morgan fingerprint density at radius 2 is 2.10 bits per heavy atom. The van der Waals surface area contributed by atoms with E-state index in [1.54, 1.807) is 0 Å². The number of aromatic carboxylic acids is 1. The number of aromatic nitrogens is 1. The summed E-state index contributed by atoms with van der Waals surface area (Å²) in [6.07, 6.45) is 0. The van der Waals surface area contributed by atoms with E-state index in [0.717, 1.165) is 23.1 Å². The first-order valence-corrected chi connectivity index (χ1v) is 6.50. The van der Waals surface area contributed by atoms with Gasteiger partial charge in [-0.2, -0.15) is 0 Å². The van der Waals surface area contributed by atoms with Crippen molar-refractivity contribution in [1.82, 2.24) is 10.1 Å². The van der Waals surface area contributed by atoms with E-state index in [1.807, 2.05) is 25.8 Å². The quantitative estimate of drug-likeness (QED) is 0.918. The topological polar surface area (TPSA) is 66.6 Å². The van der Waals surface area contributed by atoms with Gasteiger partial charge in [0.2, 0.25) is 0 Å². The zero-order valence-corrected chi connectivity index (χ0v) is 12.2. The molecule has 112 valence electrons. The predicted molar refractivity (Wildman–Crippen MR) is 74.5 cm³/mol. The third-order valence-electron chi connectivity index (χ3n) is 3.35. The lowest BCUT2D eigenvalue weighted by Crippen LogP contribution is -2.19. The molecule has 5 nitrogen and oxygen atoms in total. The van der Waals surface area contributed by atoms with E-state index in [1.165, 1.54) is 12.1 Å². The van der Waals surface area contributed by atoms with Gasteiger partial charge in [0.05, 0.1) is 11.3 Å². The number of carboxylic acid groups (broad SMARTS) is 1. The van der Waals surface area contributed by atoms with Crippen molar-refractivity contribution >= 4 is 5.97 Å². The van der Waals surface area contributed by atoms with E-state index < -0.39 is 11.8 Å². The lowest BCUT2D eigenvalue weighted by molar-refractivity contribution is 0.0696. The summed E-state index contributed by atoms with van der Waals surface area (Å²) in [6, 6.07) is 3.95. The molecule has 21 heavy (non-hydrogen) atoms. The highest BCUT2D eigenvalue weighted by atomic mass is 19.1. The molecular weight excluding hydrogens is 275 g/mol. The standard InChI is InChI=1S/C15H17FN2O3/c1-9-13(10(2)21-17-9)8-18(3)7-12-5-4-11(15(19)20)6-14(12)16/h4-6H,7-8H2,1-3H3,(H,19,20). The van der Waals surface area contributed by atoms with Crippen molar-refractivity contribution in [2.24, 2.45) is 0 Å². The van der Waals surface area contributed by atoms with E-state index in [2.05, 4.69) is 5.16 Å². The van der Waals surface area contributed by atoms with Crippen LogP contribution in [0.25, 0.3) is 0 Å². The minimum Gasteiger partial charge on any atom is -0.478 e. The van der Waals surface area contributed by atoms with E-state index in [9.17, 15) is 9.18 Å². The summed E-state index contributed by atoms with van der Waals surface area (Å²) >= 11 is 0. The Balaban J connectivity index is 2.09. The summed E-state index contributed by atoms with van der Waals surface area (Å²) in [5, 5.41) is 12.7. The fourth-order valence-corrected chi connectivity index (χ4v) is 2.15. The molecule has 1 aromatic carbocycles. The fourth-order valence-electron chi connectivity index (χ4n) is 2.15. The van der Waals surface area contributed by atoms with Crippen LogP contribution in [0.2, 0.25) is 0 Å². The predicted octanol–water partition coefficient (Wildman–Crippen LogP) is 2.76. The highest BCUT2D eigenvalue weighted by molar-refractivity contribution is 5.87. The number of hydrogen-bond acceptors (Lipinski definition) is 4. The molecule has 0 saturated carbocycles. The van der Waals surface area contributed by atoms with Gasteiger partial charge >= 0.3 is 5.97 Å². The first-order valence-electron chi connectivity index (χ1n) is 6.50. The van der Waals surface area contributed by atoms with E-state index in [4.69, 9.17) is 9.63 Å². The monoisotopic (exact) mass is 292 g/mol. The average Bonchev–Trinajstić information content (AvgIpc) is 2.72. The van der Waals surface area contributed by atoms with E-state index in [-0.39, 0.29) is 5.56 Å². The summed E-state index contributed by atoms with van der Waals surface area (Å²) in [4.78, 5) is 12.7. The number of nitrogens with zero attached hydrogens (tertiary/aromatic N) is 2. The molecular formula is C15H17FN2O3. The summed E-state index contributed by atoms with van der Waals surface area (Å²) in [7, 11) is 1.86. The highest BCUT2D eigenvalue weighted by Crippen LogP contribution is 2.17. The molecule has 0 unspecified atom stereocenters. The van der Waals surface area contributed by atoms with Gasteiger partial charge in [0.25, 0.3) is 0 Å². The molecule has 0 radical (unpaired) electrons. The third-order valence-corrected chi connectivity index (χ3v) is 3.35. The molecule has 0 bridgehead atoms. The Morgan fingerprint density at radius 1 is 1.38 bits per heavy atom. The van der Waals surface area contributed by atoms with Crippen LogP contribution >= 0.6 is 0 Å². The lowest BCUT2D eigenvalue weighted by atomic mass is 10.1. The highest BCUT2D eigenvalue weighted by Gasteiger charge is 2.14. The zero-order valence-electron chi connectivity index (χ0n) is 12.2. The van der Waals surface area contributed by atoms with Gasteiger partial charge < -0.3 is 9.63 Å². The molecule has 1 aromatic heterocycles. The van der Waals surface area contributed by atoms with E-state index >= 15 is 0 Å². The SMILES string of the molecule is Cc1noc(C)c1CN(C)Cc1ccc(C(=O)O)cc1F. The normalized spacial score (nSPS) is 11.1. The van der Waals surface area contributed by atoms with Gasteiger partial charge in [-0.25, -0.2) is 9.18 Å². The number of halogens is 1. The second-order valence-electron chi connectivity index (χ2n) is 5.09. The number of benzene rings is 1. The van der Waals surface area contributed by atoms with Crippen molar-refractivity contribution in [2.45, 2.75) is 26.9 Å². The van der Waals surface area contributed by atoms with Crippen LogP contribution in [0.4, 0.5) is 4.39 Å². The molecule has 1 heterocycles. The largest absolute Gasteiger partial charge is 0.478 e. The first-order chi connectivity index (χ1) is 9.88. The first kappa shape index (κ1) is 15.2. The van der Waals surface area contributed by atoms with Crippen molar-refractivity contribution in [3.63, 3.8) is 0 Å². The van der Waals surface area contributed by atoms with Gasteiger partial charge in [-0.1, -0.05) is 11.2 Å². The minimum absolute atomic E-state index is 0.0513. The van der Waals surface area contributed by atoms with E-state index in [0.29, 0.717) is 18.7 Å². The van der Waals surface area contributed by atoms with Crippen LogP contribution in [0.5, 0.6) is 0 Å². The van der Waals surface area contributed by atoms with Crippen LogP contribution in [0.3, 0.4) is 0 Å². The summed E-state index contributed by atoms with van der Waals surface area (Å²) in [5.74, 6) is -0.897. The second kappa shape index (κ2) is 6.05. The number of rotatable bonds is 5. The molecule has 1 N–H and O–H groups in total. The number of carbonyl (C=O) groups is 1. The van der Waals surface area contributed by atoms with Gasteiger partial charge in [0.15, 0.2) is 0 Å². The van der Waals surface area contributed by atoms with Crippen LogP contribution in [0.15, 0.2) is 22.7 Å². The Morgan fingerprint density at radius 3 is 2.62 bits per heavy atom. The number of hydrogen-bond donors (Lipinski definition) is 1. The molecule has 0 amide bonds. The van der Waals surface area contributed by atoms with Crippen LogP contribution in [0.1, 0.15) is 32.9 Å². The lowest BCUT2D eigenvalue weighted by Gasteiger charge is -2.17. The van der Waals surface area contributed by atoms with Crippen LogP contribution in [-0.4, -0.2) is 28.2 Å². The Bertz CT molecular complexity index is 647. The molecule has 0 aliphatic rings. The van der Waals surface area contributed by atoms with Gasteiger partial charge in [-0.3, -0.25) is 4.90 Å².